The quantitative estimate of drug-likeness (QED) is 0.841. The zero-order valence-corrected chi connectivity index (χ0v) is 10.6. The van der Waals surface area contributed by atoms with Crippen LogP contribution in [0.4, 0.5) is 0 Å². The normalized spacial score (nSPS) is 20.5. The number of amides is 1. The van der Waals surface area contributed by atoms with E-state index >= 15 is 0 Å². The van der Waals surface area contributed by atoms with Crippen molar-refractivity contribution in [2.45, 2.75) is 44.2 Å². The highest BCUT2D eigenvalue weighted by molar-refractivity contribution is 5.77. The molecule has 0 heterocycles. The first kappa shape index (κ1) is 11.7. The molecule has 1 saturated carbocycles. The monoisotopic (exact) mass is 244 g/mol. The molecule has 96 valence electrons. The number of hydrogen-bond donors (Lipinski definition) is 2. The van der Waals surface area contributed by atoms with Crippen LogP contribution in [0.2, 0.25) is 0 Å². The van der Waals surface area contributed by atoms with E-state index in [0.717, 1.165) is 12.8 Å². The molecule has 3 heteroatoms. The third-order valence-corrected chi connectivity index (χ3v) is 4.06. The van der Waals surface area contributed by atoms with Crippen LogP contribution < -0.4 is 11.1 Å². The summed E-state index contributed by atoms with van der Waals surface area (Å²) in [4.78, 5) is 11.9. The van der Waals surface area contributed by atoms with Gasteiger partial charge in [0.25, 0.3) is 0 Å². The summed E-state index contributed by atoms with van der Waals surface area (Å²) in [6.07, 6.45) is 4.80. The summed E-state index contributed by atoms with van der Waals surface area (Å²) < 4.78 is 0. The van der Waals surface area contributed by atoms with E-state index in [-0.39, 0.29) is 18.0 Å². The number of carbonyl (C=O) groups is 1. The highest BCUT2D eigenvalue weighted by Gasteiger charge is 2.30. The molecule has 0 radical (unpaired) electrons. The third kappa shape index (κ3) is 2.56. The van der Waals surface area contributed by atoms with Gasteiger partial charge in [0.1, 0.15) is 0 Å². The Bertz CT molecular complexity index is 429. The molecule has 0 spiro atoms. The highest BCUT2D eigenvalue weighted by atomic mass is 16.1. The maximum absolute atomic E-state index is 11.9. The summed E-state index contributed by atoms with van der Waals surface area (Å²) in [5.41, 5.74) is 8.72. The first-order chi connectivity index (χ1) is 8.72. The lowest BCUT2D eigenvalue weighted by molar-refractivity contribution is -0.122. The average Bonchev–Trinajstić information content (AvgIpc) is 3.10. The van der Waals surface area contributed by atoms with Gasteiger partial charge in [-0.05, 0) is 42.7 Å². The number of nitrogens with two attached hydrogens (primary N) is 1. The van der Waals surface area contributed by atoms with Crippen LogP contribution in [0.25, 0.3) is 0 Å². The molecule has 1 unspecified atom stereocenters. The van der Waals surface area contributed by atoms with Gasteiger partial charge in [0.05, 0.1) is 0 Å². The molecule has 3 rings (SSSR count). The standard InChI is InChI=1S/C15H20N2O/c16-14(10-5-6-10)9-15(18)17-13-7-11-3-1-2-4-12(11)8-13/h1-4,10,13-14H,5-9,16H2,(H,17,18). The molecule has 2 aliphatic rings. The molecule has 0 saturated heterocycles. The van der Waals surface area contributed by atoms with E-state index in [4.69, 9.17) is 5.73 Å². The van der Waals surface area contributed by atoms with Gasteiger partial charge >= 0.3 is 0 Å². The molecule has 1 aromatic carbocycles. The van der Waals surface area contributed by atoms with Gasteiger partial charge in [-0.1, -0.05) is 24.3 Å². The Labute approximate surface area is 108 Å². The number of rotatable bonds is 4. The fourth-order valence-corrected chi connectivity index (χ4v) is 2.85. The zero-order valence-electron chi connectivity index (χ0n) is 10.6. The molecule has 3 N–H and O–H groups in total. The van der Waals surface area contributed by atoms with E-state index in [1.54, 1.807) is 0 Å². The van der Waals surface area contributed by atoms with Crippen LogP contribution in [0.1, 0.15) is 30.4 Å². The van der Waals surface area contributed by atoms with Gasteiger partial charge in [0.15, 0.2) is 0 Å². The van der Waals surface area contributed by atoms with Crippen LogP contribution in [0.5, 0.6) is 0 Å². The predicted octanol–water partition coefficient (Wildman–Crippen LogP) is 1.40. The second-order valence-corrected chi connectivity index (χ2v) is 5.65. The molecule has 1 fully saturated rings. The second-order valence-electron chi connectivity index (χ2n) is 5.65. The number of benzene rings is 1. The summed E-state index contributed by atoms with van der Waals surface area (Å²) >= 11 is 0. The van der Waals surface area contributed by atoms with Crippen molar-refractivity contribution in [1.29, 1.82) is 0 Å². The molecule has 0 bridgehead atoms. The molecular weight excluding hydrogens is 224 g/mol. The minimum Gasteiger partial charge on any atom is -0.353 e. The molecule has 1 atom stereocenters. The molecule has 2 aliphatic carbocycles. The summed E-state index contributed by atoms with van der Waals surface area (Å²) in [6, 6.07) is 8.75. The fraction of sp³-hybridized carbons (Fsp3) is 0.533. The molecule has 3 nitrogen and oxygen atoms in total. The van der Waals surface area contributed by atoms with Crippen LogP contribution in [0.15, 0.2) is 24.3 Å². The van der Waals surface area contributed by atoms with E-state index in [1.165, 1.54) is 24.0 Å². The Kier molecular flexibility index (Phi) is 3.08. The predicted molar refractivity (Wildman–Crippen MR) is 71.1 cm³/mol. The van der Waals surface area contributed by atoms with Crippen molar-refractivity contribution in [2.75, 3.05) is 0 Å². The van der Waals surface area contributed by atoms with E-state index in [2.05, 4.69) is 29.6 Å². The maximum Gasteiger partial charge on any atom is 0.221 e. The van der Waals surface area contributed by atoms with Crippen molar-refractivity contribution >= 4 is 5.91 Å². The van der Waals surface area contributed by atoms with Crippen LogP contribution in [-0.2, 0) is 17.6 Å². The van der Waals surface area contributed by atoms with Crippen molar-refractivity contribution < 1.29 is 4.79 Å². The fourth-order valence-electron chi connectivity index (χ4n) is 2.85. The van der Waals surface area contributed by atoms with Crippen molar-refractivity contribution in [3.63, 3.8) is 0 Å². The summed E-state index contributed by atoms with van der Waals surface area (Å²) in [5.74, 6) is 0.712. The number of carbonyl (C=O) groups excluding carboxylic acids is 1. The molecule has 0 aromatic heterocycles. The second kappa shape index (κ2) is 4.73. The van der Waals surface area contributed by atoms with Crippen LogP contribution in [-0.4, -0.2) is 18.0 Å². The number of fused-ring (bicyclic) bond motifs is 1. The van der Waals surface area contributed by atoms with Crippen LogP contribution in [0.3, 0.4) is 0 Å². The van der Waals surface area contributed by atoms with Crippen molar-refractivity contribution in [3.8, 4) is 0 Å². The van der Waals surface area contributed by atoms with E-state index < -0.39 is 0 Å². The van der Waals surface area contributed by atoms with E-state index in [1.807, 2.05) is 0 Å². The van der Waals surface area contributed by atoms with Gasteiger partial charge in [0, 0.05) is 18.5 Å². The highest BCUT2D eigenvalue weighted by Crippen LogP contribution is 2.32. The van der Waals surface area contributed by atoms with Gasteiger partial charge in [-0.2, -0.15) is 0 Å². The lowest BCUT2D eigenvalue weighted by Gasteiger charge is -2.14. The van der Waals surface area contributed by atoms with E-state index in [0.29, 0.717) is 12.3 Å². The SMILES string of the molecule is NC(CC(=O)NC1Cc2ccccc2C1)C1CC1. The largest absolute Gasteiger partial charge is 0.353 e. The van der Waals surface area contributed by atoms with Crippen molar-refractivity contribution in [3.05, 3.63) is 35.4 Å². The first-order valence-electron chi connectivity index (χ1n) is 6.84. The van der Waals surface area contributed by atoms with Crippen LogP contribution in [0, 0.1) is 5.92 Å². The first-order valence-corrected chi connectivity index (χ1v) is 6.84. The molecule has 1 amide bonds. The topological polar surface area (TPSA) is 55.1 Å². The Hall–Kier alpha value is -1.35. The molecule has 1 aromatic rings. The minimum atomic E-state index is 0.0637. The average molecular weight is 244 g/mol. The Morgan fingerprint density at radius 2 is 1.89 bits per heavy atom. The van der Waals surface area contributed by atoms with Gasteiger partial charge in [-0.3, -0.25) is 4.79 Å². The van der Waals surface area contributed by atoms with Crippen LogP contribution >= 0.6 is 0 Å². The summed E-state index contributed by atoms with van der Waals surface area (Å²) in [6.45, 7) is 0. The van der Waals surface area contributed by atoms with E-state index in [9.17, 15) is 4.79 Å². The molecule has 0 aliphatic heterocycles. The summed E-state index contributed by atoms with van der Waals surface area (Å²) in [7, 11) is 0. The Balaban J connectivity index is 1.51. The third-order valence-electron chi connectivity index (χ3n) is 4.06. The van der Waals surface area contributed by atoms with Crippen molar-refractivity contribution in [2.24, 2.45) is 11.7 Å². The number of hydrogen-bond acceptors (Lipinski definition) is 2. The van der Waals surface area contributed by atoms with Gasteiger partial charge < -0.3 is 11.1 Å². The Morgan fingerprint density at radius 1 is 1.28 bits per heavy atom. The van der Waals surface area contributed by atoms with Gasteiger partial charge in [0.2, 0.25) is 5.91 Å². The summed E-state index contributed by atoms with van der Waals surface area (Å²) in [5, 5.41) is 3.12. The number of nitrogens with one attached hydrogen (secondary N) is 1. The lowest BCUT2D eigenvalue weighted by atomic mass is 10.1. The lowest BCUT2D eigenvalue weighted by Crippen LogP contribution is -2.39. The smallest absolute Gasteiger partial charge is 0.221 e. The van der Waals surface area contributed by atoms with Gasteiger partial charge in [-0.15, -0.1) is 0 Å². The molecule has 18 heavy (non-hydrogen) atoms. The maximum atomic E-state index is 11.9. The molecular formula is C15H20N2O. The van der Waals surface area contributed by atoms with Crippen molar-refractivity contribution in [1.82, 2.24) is 5.32 Å². The minimum absolute atomic E-state index is 0.0637. The Morgan fingerprint density at radius 3 is 2.44 bits per heavy atom. The zero-order chi connectivity index (χ0) is 12.5. The van der Waals surface area contributed by atoms with Gasteiger partial charge in [-0.25, -0.2) is 0 Å².